The molecule has 1 aromatic carbocycles. The number of hydrogen-bond acceptors (Lipinski definition) is 7. The van der Waals surface area contributed by atoms with E-state index in [2.05, 4.69) is 29.0 Å². The Hall–Kier alpha value is -3.04. The fourth-order valence-electron chi connectivity index (χ4n) is 6.43. The first-order valence-corrected chi connectivity index (χ1v) is 11.5. The molecule has 2 fully saturated rings. The van der Waals surface area contributed by atoms with Gasteiger partial charge in [0.2, 0.25) is 5.95 Å². The molecular formula is C25H25F2N5O2. The number of benzene rings is 1. The fraction of sp³-hybridized carbons (Fsp3) is 0.440. The molecule has 34 heavy (non-hydrogen) atoms. The second kappa shape index (κ2) is 7.23. The SMILES string of the molecule is CC1(C)[C@H]2CC[C@@]1(c1ccnc(N3C[C@H](O)[C@@H](O)C3)n1)c1nnc(-c3c(F)cccc3F)cc12. The molecule has 3 heterocycles. The van der Waals surface area contributed by atoms with Gasteiger partial charge >= 0.3 is 0 Å². The first kappa shape index (κ1) is 21.5. The molecule has 0 spiro atoms. The first-order chi connectivity index (χ1) is 16.2. The topological polar surface area (TPSA) is 95.3 Å². The van der Waals surface area contributed by atoms with Crippen molar-refractivity contribution in [3.63, 3.8) is 0 Å². The molecule has 1 aliphatic heterocycles. The van der Waals surface area contributed by atoms with Crippen LogP contribution >= 0.6 is 0 Å². The number of aliphatic hydroxyl groups is 2. The lowest BCUT2D eigenvalue weighted by atomic mass is 9.66. The van der Waals surface area contributed by atoms with Crippen molar-refractivity contribution in [2.75, 3.05) is 18.0 Å². The van der Waals surface area contributed by atoms with Crippen molar-refractivity contribution in [2.45, 2.75) is 50.2 Å². The van der Waals surface area contributed by atoms with Gasteiger partial charge < -0.3 is 15.1 Å². The van der Waals surface area contributed by atoms with Gasteiger partial charge in [0.15, 0.2) is 0 Å². The number of anilines is 1. The summed E-state index contributed by atoms with van der Waals surface area (Å²) in [6.07, 6.45) is 1.73. The van der Waals surface area contributed by atoms with Crippen LogP contribution < -0.4 is 4.90 Å². The van der Waals surface area contributed by atoms with Crippen LogP contribution in [0, 0.1) is 17.0 Å². The molecule has 176 valence electrons. The molecule has 7 nitrogen and oxygen atoms in total. The van der Waals surface area contributed by atoms with Crippen molar-refractivity contribution >= 4 is 5.95 Å². The Kier molecular flexibility index (Phi) is 4.57. The standard InChI is InChI=1S/C25H25F2N5O2/c1-24(2)14-6-8-25(24,20-7-9-28-23(29-20)32-11-18(33)19(34)12-32)22-13(14)10-17(30-31-22)21-15(26)4-3-5-16(21)27/h3-5,7,9-10,14,18-19,33-34H,6,8,11-12H2,1-2H3/t14-,18-,19-,25+/m0/s1. The summed E-state index contributed by atoms with van der Waals surface area (Å²) in [6, 6.07) is 7.45. The van der Waals surface area contributed by atoms with E-state index in [1.807, 2.05) is 6.07 Å². The number of nitrogens with zero attached hydrogens (tertiary/aromatic N) is 5. The lowest BCUT2D eigenvalue weighted by molar-refractivity contribution is 0.0572. The number of rotatable bonds is 3. The molecule has 4 atom stereocenters. The molecule has 0 unspecified atom stereocenters. The Bertz CT molecular complexity index is 1270. The van der Waals surface area contributed by atoms with Gasteiger partial charge in [0.25, 0.3) is 0 Å². The van der Waals surface area contributed by atoms with Crippen LogP contribution in [-0.2, 0) is 5.41 Å². The molecule has 2 N–H and O–H groups in total. The summed E-state index contributed by atoms with van der Waals surface area (Å²) in [4.78, 5) is 11.1. The van der Waals surface area contributed by atoms with Crippen molar-refractivity contribution in [3.05, 3.63) is 65.1 Å². The second-order valence-electron chi connectivity index (χ2n) is 10.1. The maximum atomic E-state index is 14.5. The Morgan fingerprint density at radius 2 is 1.74 bits per heavy atom. The van der Waals surface area contributed by atoms with Gasteiger partial charge in [-0.15, -0.1) is 5.10 Å². The van der Waals surface area contributed by atoms with Gasteiger partial charge in [0.05, 0.1) is 40.3 Å². The summed E-state index contributed by atoms with van der Waals surface area (Å²) in [5.41, 5.74) is 1.79. The van der Waals surface area contributed by atoms with Crippen LogP contribution in [0.5, 0.6) is 0 Å². The Labute approximate surface area is 195 Å². The summed E-state index contributed by atoms with van der Waals surface area (Å²) >= 11 is 0. The van der Waals surface area contributed by atoms with Crippen LogP contribution in [0.2, 0.25) is 0 Å². The maximum absolute atomic E-state index is 14.5. The van der Waals surface area contributed by atoms with Crippen molar-refractivity contribution in [1.82, 2.24) is 20.2 Å². The van der Waals surface area contributed by atoms with Crippen molar-refractivity contribution in [3.8, 4) is 11.3 Å². The van der Waals surface area contributed by atoms with Crippen LogP contribution in [-0.4, -0.2) is 55.7 Å². The minimum absolute atomic E-state index is 0.139. The Morgan fingerprint density at radius 1 is 1.03 bits per heavy atom. The van der Waals surface area contributed by atoms with Gasteiger partial charge in [-0.3, -0.25) is 0 Å². The molecule has 0 amide bonds. The first-order valence-electron chi connectivity index (χ1n) is 11.5. The van der Waals surface area contributed by atoms with E-state index in [0.29, 0.717) is 5.95 Å². The summed E-state index contributed by atoms with van der Waals surface area (Å²) < 4.78 is 28.9. The predicted molar refractivity (Wildman–Crippen MR) is 120 cm³/mol. The molecule has 3 aromatic rings. The van der Waals surface area contributed by atoms with Gasteiger partial charge in [-0.2, -0.15) is 5.10 Å². The predicted octanol–water partition coefficient (Wildman–Crippen LogP) is 2.96. The smallest absolute Gasteiger partial charge is 0.225 e. The van der Waals surface area contributed by atoms with E-state index in [9.17, 15) is 19.0 Å². The van der Waals surface area contributed by atoms with Gasteiger partial charge in [0.1, 0.15) is 11.6 Å². The third kappa shape index (κ3) is 2.74. The van der Waals surface area contributed by atoms with Crippen LogP contribution in [0.1, 0.15) is 49.6 Å². The molecule has 9 heteroatoms. The van der Waals surface area contributed by atoms with Gasteiger partial charge in [0, 0.05) is 19.3 Å². The molecule has 1 saturated heterocycles. The Morgan fingerprint density at radius 3 is 2.44 bits per heavy atom. The highest BCUT2D eigenvalue weighted by Gasteiger charge is 2.65. The van der Waals surface area contributed by atoms with E-state index in [1.165, 1.54) is 18.2 Å². The van der Waals surface area contributed by atoms with E-state index < -0.39 is 29.3 Å². The van der Waals surface area contributed by atoms with Crippen molar-refractivity contribution in [2.24, 2.45) is 5.41 Å². The molecule has 2 aromatic heterocycles. The monoisotopic (exact) mass is 465 g/mol. The average molecular weight is 466 g/mol. The molecule has 0 radical (unpaired) electrons. The number of fused-ring (bicyclic) bond motifs is 5. The number of aliphatic hydroxyl groups excluding tert-OH is 2. The van der Waals surface area contributed by atoms with Crippen LogP contribution in [0.4, 0.5) is 14.7 Å². The van der Waals surface area contributed by atoms with Gasteiger partial charge in [-0.25, -0.2) is 18.7 Å². The number of aromatic nitrogens is 4. The second-order valence-corrected chi connectivity index (χ2v) is 10.1. The van der Waals surface area contributed by atoms with E-state index in [1.54, 1.807) is 17.2 Å². The molecule has 1 saturated carbocycles. The quantitative estimate of drug-likeness (QED) is 0.614. The number of halogens is 2. The zero-order chi connectivity index (χ0) is 23.8. The zero-order valence-corrected chi connectivity index (χ0v) is 18.9. The van der Waals surface area contributed by atoms with E-state index >= 15 is 0 Å². The highest BCUT2D eigenvalue weighted by molar-refractivity contribution is 5.64. The Balaban J connectivity index is 1.47. The molecular weight excluding hydrogens is 440 g/mol. The third-order valence-corrected chi connectivity index (χ3v) is 8.22. The fourth-order valence-corrected chi connectivity index (χ4v) is 6.43. The average Bonchev–Trinajstić information content (AvgIpc) is 3.36. The lowest BCUT2D eigenvalue weighted by Crippen LogP contribution is -2.38. The van der Waals surface area contributed by atoms with Gasteiger partial charge in [-0.1, -0.05) is 19.9 Å². The normalized spacial score (nSPS) is 29.0. The van der Waals surface area contributed by atoms with E-state index in [0.717, 1.165) is 29.8 Å². The van der Waals surface area contributed by atoms with E-state index in [4.69, 9.17) is 4.98 Å². The van der Waals surface area contributed by atoms with Gasteiger partial charge in [-0.05, 0) is 54.0 Å². The lowest BCUT2D eigenvalue weighted by Gasteiger charge is -2.37. The molecule has 2 bridgehead atoms. The van der Waals surface area contributed by atoms with Crippen LogP contribution in [0.25, 0.3) is 11.3 Å². The maximum Gasteiger partial charge on any atom is 0.225 e. The van der Waals surface area contributed by atoms with Crippen molar-refractivity contribution in [1.29, 1.82) is 0 Å². The van der Waals surface area contributed by atoms with Crippen LogP contribution in [0.15, 0.2) is 36.5 Å². The largest absolute Gasteiger partial charge is 0.388 e. The minimum atomic E-state index is -0.840. The molecule has 3 aliphatic rings. The van der Waals surface area contributed by atoms with Crippen LogP contribution in [0.3, 0.4) is 0 Å². The summed E-state index contributed by atoms with van der Waals surface area (Å²) in [6.45, 7) is 4.89. The summed E-state index contributed by atoms with van der Waals surface area (Å²) in [5.74, 6) is -0.739. The van der Waals surface area contributed by atoms with Crippen molar-refractivity contribution < 1.29 is 19.0 Å². The molecule has 6 rings (SSSR count). The third-order valence-electron chi connectivity index (χ3n) is 8.22. The zero-order valence-electron chi connectivity index (χ0n) is 18.9. The highest BCUT2D eigenvalue weighted by Crippen LogP contribution is 2.69. The number of hydrogen-bond donors (Lipinski definition) is 2. The van der Waals surface area contributed by atoms with E-state index in [-0.39, 0.29) is 35.7 Å². The highest BCUT2D eigenvalue weighted by atomic mass is 19.1. The summed E-state index contributed by atoms with van der Waals surface area (Å²) in [5, 5.41) is 28.8. The molecule has 2 aliphatic carbocycles. The minimum Gasteiger partial charge on any atom is -0.388 e. The number of β-amino-alcohol motifs (C(OH)–C–C–N with tert-alkyl or cyclic N) is 2. The summed E-state index contributed by atoms with van der Waals surface area (Å²) in [7, 11) is 0.